The molecule has 0 aromatic rings. The molecule has 1 aliphatic heterocycles. The van der Waals surface area contributed by atoms with Crippen LogP contribution in [0.4, 0.5) is 0 Å². The van der Waals surface area contributed by atoms with Crippen molar-refractivity contribution >= 4 is 5.84 Å². The summed E-state index contributed by atoms with van der Waals surface area (Å²) in [6.07, 6.45) is 0. The van der Waals surface area contributed by atoms with Gasteiger partial charge in [-0.25, -0.2) is 0 Å². The van der Waals surface area contributed by atoms with Crippen LogP contribution in [-0.4, -0.2) is 48.9 Å². The molecule has 0 spiro atoms. The van der Waals surface area contributed by atoms with Gasteiger partial charge in [0.2, 0.25) is 5.84 Å². The molecule has 0 aromatic carbocycles. The van der Waals surface area contributed by atoms with Crippen molar-refractivity contribution in [1.82, 2.24) is 10.2 Å². The van der Waals surface area contributed by atoms with Crippen molar-refractivity contribution in [2.75, 3.05) is 28.2 Å². The minimum atomic E-state index is 0.719. The normalized spacial score (nSPS) is 25.3. The third-order valence-corrected chi connectivity index (χ3v) is 2.22. The number of quaternary nitrogens is 1. The Bertz CT molecular complexity index is 173. The molecule has 0 atom stereocenters. The van der Waals surface area contributed by atoms with Gasteiger partial charge in [0.15, 0.2) is 0 Å². The van der Waals surface area contributed by atoms with Crippen LogP contribution in [0.25, 0.3) is 0 Å². The average molecular weight is 143 g/mol. The van der Waals surface area contributed by atoms with E-state index in [0.717, 1.165) is 10.4 Å². The Labute approximate surface area is 61.9 Å². The van der Waals surface area contributed by atoms with E-state index in [-0.39, 0.29) is 0 Å². The fourth-order valence-electron chi connectivity index (χ4n) is 0.917. The maximum atomic E-state index is 4.27. The van der Waals surface area contributed by atoms with Gasteiger partial charge in [-0.15, -0.1) is 5.10 Å². The van der Waals surface area contributed by atoms with Crippen LogP contribution in [0.1, 0.15) is 6.92 Å². The van der Waals surface area contributed by atoms with E-state index in [2.05, 4.69) is 24.3 Å². The van der Waals surface area contributed by atoms with Crippen molar-refractivity contribution < 1.29 is 4.59 Å². The van der Waals surface area contributed by atoms with E-state index >= 15 is 0 Å². The van der Waals surface area contributed by atoms with Crippen LogP contribution in [0.3, 0.4) is 0 Å². The zero-order valence-electron chi connectivity index (χ0n) is 7.29. The van der Waals surface area contributed by atoms with E-state index in [1.807, 2.05) is 26.1 Å². The monoisotopic (exact) mass is 143 g/mol. The smallest absolute Gasteiger partial charge is 0.184 e. The maximum absolute atomic E-state index is 4.27. The van der Waals surface area contributed by atoms with E-state index in [0.29, 0.717) is 0 Å². The molecular formula is C6H15N4+. The molecular weight excluding hydrogens is 128 g/mol. The van der Waals surface area contributed by atoms with Crippen LogP contribution >= 0.6 is 0 Å². The highest BCUT2D eigenvalue weighted by Crippen LogP contribution is 2.14. The molecule has 1 rings (SSSR count). The van der Waals surface area contributed by atoms with Gasteiger partial charge in [-0.3, -0.25) is 0 Å². The molecule has 4 heteroatoms. The summed E-state index contributed by atoms with van der Waals surface area (Å²) < 4.78 is 0.719. The van der Waals surface area contributed by atoms with Gasteiger partial charge in [-0.2, -0.15) is 9.71 Å². The predicted octanol–water partition coefficient (Wildman–Crippen LogP) is 0.103. The molecule has 1 heterocycles. The Morgan fingerprint density at radius 3 is 1.90 bits per heavy atom. The van der Waals surface area contributed by atoms with Crippen LogP contribution < -0.4 is 0 Å². The Morgan fingerprint density at radius 2 is 1.80 bits per heavy atom. The lowest BCUT2D eigenvalue weighted by molar-refractivity contribution is -0.935. The summed E-state index contributed by atoms with van der Waals surface area (Å²) in [6, 6.07) is 0. The molecule has 0 saturated heterocycles. The Hall–Kier alpha value is -0.610. The second-order valence-electron chi connectivity index (χ2n) is 3.02. The molecule has 4 nitrogen and oxygen atoms in total. The van der Waals surface area contributed by atoms with Crippen LogP contribution in [-0.2, 0) is 0 Å². The summed E-state index contributed by atoms with van der Waals surface area (Å²) in [5.74, 6) is 1.10. The Kier molecular flexibility index (Phi) is 1.45. The first-order valence-corrected chi connectivity index (χ1v) is 3.34. The zero-order valence-corrected chi connectivity index (χ0v) is 7.29. The van der Waals surface area contributed by atoms with Gasteiger partial charge in [0, 0.05) is 14.0 Å². The maximum Gasteiger partial charge on any atom is 0.239 e. The SMILES string of the molecule is CC1=NN(C)N(C)[N+]1(C)C. The number of hydrogen-bond acceptors (Lipinski definition) is 3. The van der Waals surface area contributed by atoms with Crippen LogP contribution in [0.5, 0.6) is 0 Å². The first-order chi connectivity index (χ1) is 4.46. The highest BCUT2D eigenvalue weighted by Gasteiger charge is 2.35. The fourth-order valence-corrected chi connectivity index (χ4v) is 0.917. The number of hydrazine groups is 1. The van der Waals surface area contributed by atoms with Gasteiger partial charge in [0.1, 0.15) is 0 Å². The number of nitrogens with zero attached hydrogens (tertiary/aromatic N) is 4. The molecule has 0 amide bonds. The molecule has 0 aliphatic carbocycles. The molecule has 0 saturated carbocycles. The van der Waals surface area contributed by atoms with Crippen LogP contribution in [0.2, 0.25) is 0 Å². The van der Waals surface area contributed by atoms with Gasteiger partial charge in [-0.1, -0.05) is 0 Å². The highest BCUT2D eigenvalue weighted by atomic mass is 16.0. The van der Waals surface area contributed by atoms with Crippen molar-refractivity contribution in [1.29, 1.82) is 0 Å². The lowest BCUT2D eigenvalue weighted by Gasteiger charge is -2.30. The van der Waals surface area contributed by atoms with E-state index < -0.39 is 0 Å². The van der Waals surface area contributed by atoms with E-state index in [9.17, 15) is 0 Å². The number of rotatable bonds is 0. The molecule has 58 valence electrons. The summed E-state index contributed by atoms with van der Waals surface area (Å²) in [5, 5.41) is 8.16. The van der Waals surface area contributed by atoms with E-state index in [4.69, 9.17) is 0 Å². The topological polar surface area (TPSA) is 18.8 Å². The quantitative estimate of drug-likeness (QED) is 0.448. The Balaban J connectivity index is 2.89. The molecule has 0 unspecified atom stereocenters. The first-order valence-electron chi connectivity index (χ1n) is 3.34. The standard InChI is InChI=1S/C6H15N4/c1-6-7-8(2)9(3)10(6,4)5/h1-5H3/q+1. The van der Waals surface area contributed by atoms with Crippen molar-refractivity contribution in [2.45, 2.75) is 6.92 Å². The largest absolute Gasteiger partial charge is 0.239 e. The summed E-state index contributed by atoms with van der Waals surface area (Å²) in [4.78, 5) is 0. The summed E-state index contributed by atoms with van der Waals surface area (Å²) in [7, 11) is 8.15. The molecule has 10 heavy (non-hydrogen) atoms. The van der Waals surface area contributed by atoms with Crippen molar-refractivity contribution in [3.8, 4) is 0 Å². The molecule has 0 bridgehead atoms. The summed E-state index contributed by atoms with van der Waals surface area (Å²) >= 11 is 0. The van der Waals surface area contributed by atoms with Gasteiger partial charge >= 0.3 is 0 Å². The lowest BCUT2D eigenvalue weighted by Crippen LogP contribution is -2.54. The fraction of sp³-hybridized carbons (Fsp3) is 0.833. The summed E-state index contributed by atoms with van der Waals surface area (Å²) in [6.45, 7) is 2.03. The van der Waals surface area contributed by atoms with Crippen LogP contribution in [0.15, 0.2) is 5.10 Å². The van der Waals surface area contributed by atoms with Gasteiger partial charge < -0.3 is 0 Å². The minimum absolute atomic E-state index is 0.719. The molecule has 1 aliphatic rings. The van der Waals surface area contributed by atoms with Crippen LogP contribution in [0, 0.1) is 0 Å². The van der Waals surface area contributed by atoms with E-state index in [1.165, 1.54) is 0 Å². The molecule has 0 aromatic heterocycles. The second-order valence-corrected chi connectivity index (χ2v) is 3.02. The third-order valence-electron chi connectivity index (χ3n) is 2.22. The van der Waals surface area contributed by atoms with Crippen molar-refractivity contribution in [3.63, 3.8) is 0 Å². The van der Waals surface area contributed by atoms with Crippen molar-refractivity contribution in [3.05, 3.63) is 0 Å². The second kappa shape index (κ2) is 1.93. The zero-order chi connectivity index (χ0) is 7.94. The van der Waals surface area contributed by atoms with Gasteiger partial charge in [-0.05, 0) is 5.12 Å². The number of amidine groups is 1. The molecule has 0 fully saturated rings. The van der Waals surface area contributed by atoms with Crippen molar-refractivity contribution in [2.24, 2.45) is 5.10 Å². The van der Waals surface area contributed by atoms with Gasteiger partial charge in [0.25, 0.3) is 0 Å². The van der Waals surface area contributed by atoms with E-state index in [1.54, 1.807) is 0 Å². The minimum Gasteiger partial charge on any atom is -0.184 e. The predicted molar refractivity (Wildman–Crippen MR) is 40.7 cm³/mol. The Morgan fingerprint density at radius 1 is 1.30 bits per heavy atom. The van der Waals surface area contributed by atoms with Gasteiger partial charge in [0.05, 0.1) is 21.1 Å². The lowest BCUT2D eigenvalue weighted by atomic mass is 10.6. The molecule has 0 N–H and O–H groups in total. The number of hydrogen-bond donors (Lipinski definition) is 0. The third kappa shape index (κ3) is 0.803. The molecule has 0 radical (unpaired) electrons. The first kappa shape index (κ1) is 7.50. The number of hydrazone groups is 1. The highest BCUT2D eigenvalue weighted by molar-refractivity contribution is 5.72. The average Bonchev–Trinajstić information content (AvgIpc) is 1.97. The summed E-state index contributed by atoms with van der Waals surface area (Å²) in [5.41, 5.74) is 0.